The molecule has 0 saturated heterocycles. The van der Waals surface area contributed by atoms with Crippen molar-refractivity contribution < 1.29 is 9.32 Å². The molecule has 0 atom stereocenters. The molecule has 1 N–H and O–H groups in total. The lowest BCUT2D eigenvalue weighted by molar-refractivity contribution is 0.0914. The number of benzene rings is 2. The first kappa shape index (κ1) is 14.5. The minimum atomic E-state index is -0.283. The summed E-state index contributed by atoms with van der Waals surface area (Å²) in [5.41, 5.74) is 2.57. The average molecular weight is 357 g/mol. The fourth-order valence-electron chi connectivity index (χ4n) is 2.04. The van der Waals surface area contributed by atoms with Crippen LogP contribution in [0.4, 0.5) is 0 Å². The number of aromatic nitrogens is 1. The summed E-state index contributed by atoms with van der Waals surface area (Å²) in [6.07, 6.45) is 0. The standard InChI is InChI=1S/C17H13BrN2O2/c18-14-8-4-5-12(9-14)11-19-17(21)16-10-15(20-22-16)13-6-2-1-3-7-13/h1-10H,11H2,(H,19,21). The summed E-state index contributed by atoms with van der Waals surface area (Å²) in [7, 11) is 0. The van der Waals surface area contributed by atoms with Crippen molar-refractivity contribution in [1.82, 2.24) is 10.5 Å². The van der Waals surface area contributed by atoms with Crippen LogP contribution in [0.1, 0.15) is 16.1 Å². The number of amides is 1. The smallest absolute Gasteiger partial charge is 0.290 e. The molecule has 5 heteroatoms. The monoisotopic (exact) mass is 356 g/mol. The van der Waals surface area contributed by atoms with E-state index >= 15 is 0 Å². The van der Waals surface area contributed by atoms with Crippen LogP contribution >= 0.6 is 15.9 Å². The van der Waals surface area contributed by atoms with Crippen molar-refractivity contribution >= 4 is 21.8 Å². The Balaban J connectivity index is 1.67. The van der Waals surface area contributed by atoms with Gasteiger partial charge in [0.2, 0.25) is 5.76 Å². The summed E-state index contributed by atoms with van der Waals surface area (Å²) < 4.78 is 6.10. The number of hydrogen-bond acceptors (Lipinski definition) is 3. The molecule has 1 amide bonds. The van der Waals surface area contributed by atoms with E-state index in [0.29, 0.717) is 12.2 Å². The van der Waals surface area contributed by atoms with Crippen LogP contribution in [0.15, 0.2) is 69.7 Å². The Morgan fingerprint density at radius 3 is 2.68 bits per heavy atom. The maximum Gasteiger partial charge on any atom is 0.290 e. The molecule has 0 fully saturated rings. The quantitative estimate of drug-likeness (QED) is 0.767. The van der Waals surface area contributed by atoms with Gasteiger partial charge < -0.3 is 9.84 Å². The Hall–Kier alpha value is -2.40. The average Bonchev–Trinajstić information content (AvgIpc) is 3.04. The van der Waals surface area contributed by atoms with Gasteiger partial charge in [-0.2, -0.15) is 0 Å². The number of nitrogens with one attached hydrogen (secondary N) is 1. The first-order valence-corrected chi connectivity index (χ1v) is 7.56. The van der Waals surface area contributed by atoms with Crippen LogP contribution in [0.5, 0.6) is 0 Å². The first-order valence-electron chi connectivity index (χ1n) is 6.77. The molecule has 0 radical (unpaired) electrons. The molecule has 0 saturated carbocycles. The van der Waals surface area contributed by atoms with Crippen LogP contribution in [0, 0.1) is 0 Å². The summed E-state index contributed by atoms with van der Waals surface area (Å²) in [4.78, 5) is 12.1. The molecule has 22 heavy (non-hydrogen) atoms. The van der Waals surface area contributed by atoms with Crippen molar-refractivity contribution in [3.8, 4) is 11.3 Å². The summed E-state index contributed by atoms with van der Waals surface area (Å²) in [5.74, 6) is -0.0801. The Morgan fingerprint density at radius 1 is 1.09 bits per heavy atom. The van der Waals surface area contributed by atoms with E-state index in [4.69, 9.17) is 4.52 Å². The van der Waals surface area contributed by atoms with E-state index in [1.165, 1.54) is 0 Å². The highest BCUT2D eigenvalue weighted by Crippen LogP contribution is 2.18. The van der Waals surface area contributed by atoms with Crippen molar-refractivity contribution in [2.75, 3.05) is 0 Å². The van der Waals surface area contributed by atoms with Gasteiger partial charge in [0.1, 0.15) is 5.69 Å². The van der Waals surface area contributed by atoms with Crippen LogP contribution in [-0.4, -0.2) is 11.1 Å². The molecule has 0 aliphatic carbocycles. The van der Waals surface area contributed by atoms with E-state index in [-0.39, 0.29) is 11.7 Å². The van der Waals surface area contributed by atoms with Crippen molar-refractivity contribution in [3.63, 3.8) is 0 Å². The molecule has 0 bridgehead atoms. The third-order valence-corrected chi connectivity index (χ3v) is 3.64. The predicted molar refractivity (Wildman–Crippen MR) is 87.3 cm³/mol. The molecule has 3 rings (SSSR count). The largest absolute Gasteiger partial charge is 0.350 e. The van der Waals surface area contributed by atoms with Gasteiger partial charge in [0.05, 0.1) is 0 Å². The summed E-state index contributed by atoms with van der Waals surface area (Å²) in [6, 6.07) is 19.0. The lowest BCUT2D eigenvalue weighted by atomic mass is 10.1. The second kappa shape index (κ2) is 6.58. The van der Waals surface area contributed by atoms with Gasteiger partial charge in [0, 0.05) is 22.6 Å². The zero-order valence-corrected chi connectivity index (χ0v) is 13.2. The van der Waals surface area contributed by atoms with Gasteiger partial charge in [-0.15, -0.1) is 0 Å². The van der Waals surface area contributed by atoms with Crippen LogP contribution in [0.2, 0.25) is 0 Å². The van der Waals surface area contributed by atoms with Crippen molar-refractivity contribution in [2.45, 2.75) is 6.54 Å². The zero-order chi connectivity index (χ0) is 15.4. The topological polar surface area (TPSA) is 55.1 Å². The molecule has 0 aliphatic rings. The number of rotatable bonds is 4. The molecule has 0 aliphatic heterocycles. The van der Waals surface area contributed by atoms with E-state index in [1.54, 1.807) is 6.07 Å². The lowest BCUT2D eigenvalue weighted by Gasteiger charge is -2.03. The van der Waals surface area contributed by atoms with E-state index in [0.717, 1.165) is 15.6 Å². The molecule has 1 aromatic heterocycles. The van der Waals surface area contributed by atoms with Gasteiger partial charge in [-0.3, -0.25) is 4.79 Å². The van der Waals surface area contributed by atoms with E-state index in [9.17, 15) is 4.79 Å². The third kappa shape index (κ3) is 3.43. The maximum atomic E-state index is 12.1. The molecule has 2 aromatic carbocycles. The molecular weight excluding hydrogens is 344 g/mol. The van der Waals surface area contributed by atoms with Gasteiger partial charge >= 0.3 is 0 Å². The minimum absolute atomic E-state index is 0.203. The van der Waals surface area contributed by atoms with Gasteiger partial charge in [-0.25, -0.2) is 0 Å². The number of nitrogens with zero attached hydrogens (tertiary/aromatic N) is 1. The van der Waals surface area contributed by atoms with E-state index in [2.05, 4.69) is 26.4 Å². The molecule has 0 spiro atoms. The maximum absolute atomic E-state index is 12.1. The summed E-state index contributed by atoms with van der Waals surface area (Å²) >= 11 is 3.40. The second-order valence-corrected chi connectivity index (χ2v) is 5.67. The molecule has 1 heterocycles. The molecule has 0 unspecified atom stereocenters. The highest BCUT2D eigenvalue weighted by atomic mass is 79.9. The number of carbonyl (C=O) groups excluding carboxylic acids is 1. The number of halogens is 1. The van der Waals surface area contributed by atoms with Crippen LogP contribution in [0.25, 0.3) is 11.3 Å². The van der Waals surface area contributed by atoms with E-state index in [1.807, 2.05) is 54.6 Å². The van der Waals surface area contributed by atoms with Crippen molar-refractivity contribution in [2.24, 2.45) is 0 Å². The van der Waals surface area contributed by atoms with Gasteiger partial charge in [-0.05, 0) is 17.7 Å². The van der Waals surface area contributed by atoms with Crippen LogP contribution < -0.4 is 5.32 Å². The van der Waals surface area contributed by atoms with Crippen molar-refractivity contribution in [3.05, 3.63) is 76.5 Å². The second-order valence-electron chi connectivity index (χ2n) is 4.76. The van der Waals surface area contributed by atoms with Gasteiger partial charge in [0.25, 0.3) is 5.91 Å². The first-order chi connectivity index (χ1) is 10.7. The predicted octanol–water partition coefficient (Wildman–Crippen LogP) is 4.03. The van der Waals surface area contributed by atoms with Crippen LogP contribution in [-0.2, 0) is 6.54 Å². The lowest BCUT2D eigenvalue weighted by Crippen LogP contribution is -2.22. The fraction of sp³-hybridized carbons (Fsp3) is 0.0588. The molecule has 110 valence electrons. The molecule has 3 aromatic rings. The fourth-order valence-corrected chi connectivity index (χ4v) is 2.49. The normalized spacial score (nSPS) is 10.4. The van der Waals surface area contributed by atoms with Gasteiger partial charge in [-0.1, -0.05) is 63.6 Å². The molecule has 4 nitrogen and oxygen atoms in total. The summed E-state index contributed by atoms with van der Waals surface area (Å²) in [6.45, 7) is 0.430. The Kier molecular flexibility index (Phi) is 4.34. The van der Waals surface area contributed by atoms with Crippen LogP contribution in [0.3, 0.4) is 0 Å². The highest BCUT2D eigenvalue weighted by molar-refractivity contribution is 9.10. The number of carbonyl (C=O) groups is 1. The van der Waals surface area contributed by atoms with E-state index < -0.39 is 0 Å². The summed E-state index contributed by atoms with van der Waals surface area (Å²) in [5, 5.41) is 6.75. The Bertz CT molecular complexity index is 784. The third-order valence-electron chi connectivity index (χ3n) is 3.15. The number of hydrogen-bond donors (Lipinski definition) is 1. The SMILES string of the molecule is O=C(NCc1cccc(Br)c1)c1cc(-c2ccccc2)no1. The minimum Gasteiger partial charge on any atom is -0.350 e. The Morgan fingerprint density at radius 2 is 1.91 bits per heavy atom. The van der Waals surface area contributed by atoms with Crippen molar-refractivity contribution in [1.29, 1.82) is 0 Å². The highest BCUT2D eigenvalue weighted by Gasteiger charge is 2.13. The molecular formula is C17H13BrN2O2. The Labute approximate surface area is 136 Å². The zero-order valence-electron chi connectivity index (χ0n) is 11.6. The van der Waals surface area contributed by atoms with Gasteiger partial charge in [0.15, 0.2) is 0 Å².